The molecule has 12 heteroatoms. The minimum Gasteiger partial charge on any atom is -0.402 e. The van der Waals surface area contributed by atoms with Gasteiger partial charge < -0.3 is 25.8 Å². The van der Waals surface area contributed by atoms with Crippen molar-refractivity contribution in [1.29, 1.82) is 0 Å². The fraction of sp³-hybridized carbons (Fsp3) is 0.818. The van der Waals surface area contributed by atoms with Gasteiger partial charge in [0.05, 0.1) is 6.04 Å². The zero-order valence-corrected chi connectivity index (χ0v) is 13.5. The molecule has 1 unspecified atom stereocenters. The van der Waals surface area contributed by atoms with E-state index >= 15 is 0 Å². The highest BCUT2D eigenvalue weighted by Gasteiger charge is 2.24. The quantitative estimate of drug-likeness (QED) is 0.296. The van der Waals surface area contributed by atoms with Crippen LogP contribution in [0.15, 0.2) is 0 Å². The predicted molar refractivity (Wildman–Crippen MR) is 83.2 cm³/mol. The third-order valence-corrected chi connectivity index (χ3v) is 3.30. The number of rotatable bonds is 10. The molecule has 0 aromatic carbocycles. The number of hydrogen-bond acceptors (Lipinski definition) is 8. The van der Waals surface area contributed by atoms with Gasteiger partial charge >= 0.3 is 7.32 Å². The van der Waals surface area contributed by atoms with E-state index in [1.807, 2.05) is 0 Å². The predicted octanol–water partition coefficient (Wildman–Crippen LogP) is -1.47. The topological polar surface area (TPSA) is 148 Å². The van der Waals surface area contributed by atoms with Crippen molar-refractivity contribution in [1.82, 2.24) is 25.5 Å². The van der Waals surface area contributed by atoms with Gasteiger partial charge in [-0.25, -0.2) is 4.68 Å². The minimum atomic E-state index is -1.74. The summed E-state index contributed by atoms with van der Waals surface area (Å²) in [6.45, 7) is 0.297. The molecule has 0 aliphatic heterocycles. The molecule has 1 aromatic heterocycles. The SMILES string of the molecule is Cl.NC(CCCCOB(O)O)c1nnnn1CC(=O)NC1CC1. The molecule has 1 atom stereocenters. The second-order valence-electron chi connectivity index (χ2n) is 5.34. The maximum absolute atomic E-state index is 11.8. The monoisotopic (exact) mass is 348 g/mol. The summed E-state index contributed by atoms with van der Waals surface area (Å²) in [7, 11) is -1.74. The van der Waals surface area contributed by atoms with E-state index in [-0.39, 0.29) is 37.5 Å². The number of nitrogens with zero attached hydrogens (tertiary/aromatic N) is 4. The normalized spacial score (nSPS) is 14.9. The molecule has 0 saturated heterocycles. The minimum absolute atomic E-state index is 0. The van der Waals surface area contributed by atoms with Gasteiger partial charge in [0.2, 0.25) is 5.91 Å². The summed E-state index contributed by atoms with van der Waals surface area (Å²) in [6, 6.07) is -0.0919. The Balaban J connectivity index is 0.00000264. The first-order valence-electron chi connectivity index (χ1n) is 7.35. The summed E-state index contributed by atoms with van der Waals surface area (Å²) in [5.41, 5.74) is 6.04. The van der Waals surface area contributed by atoms with Crippen LogP contribution in [0.1, 0.15) is 44.0 Å². The van der Waals surface area contributed by atoms with Crippen LogP contribution in [0.4, 0.5) is 0 Å². The molecule has 23 heavy (non-hydrogen) atoms. The lowest BCUT2D eigenvalue weighted by Crippen LogP contribution is -2.31. The second-order valence-corrected chi connectivity index (χ2v) is 5.34. The lowest BCUT2D eigenvalue weighted by molar-refractivity contribution is -0.122. The Hall–Kier alpha value is -1.27. The zero-order chi connectivity index (χ0) is 15.9. The molecule has 1 heterocycles. The largest absolute Gasteiger partial charge is 0.633 e. The standard InChI is InChI=1S/C11H21BN6O4.ClH/c13-9(3-1-2-6-22-12(20)21)11-15-16-17-18(11)7-10(19)14-8-4-5-8;/h8-9,20-21H,1-7,13H2,(H,14,19);1H. The lowest BCUT2D eigenvalue weighted by atomic mass is 10.1. The number of carbonyl (C=O) groups excluding carboxylic acids is 1. The summed E-state index contributed by atoms with van der Waals surface area (Å²) in [4.78, 5) is 11.8. The Bertz CT molecular complexity index is 487. The maximum Gasteiger partial charge on any atom is 0.633 e. The number of halogens is 1. The Morgan fingerprint density at radius 1 is 1.48 bits per heavy atom. The zero-order valence-electron chi connectivity index (χ0n) is 12.7. The summed E-state index contributed by atoms with van der Waals surface area (Å²) in [5.74, 6) is 0.350. The van der Waals surface area contributed by atoms with E-state index in [2.05, 4.69) is 25.5 Å². The number of nitrogens with one attached hydrogen (secondary N) is 1. The molecule has 1 aliphatic rings. The van der Waals surface area contributed by atoms with Crippen LogP contribution in [0.3, 0.4) is 0 Å². The highest BCUT2D eigenvalue weighted by Crippen LogP contribution is 2.18. The Morgan fingerprint density at radius 2 is 2.22 bits per heavy atom. The maximum atomic E-state index is 11.8. The molecule has 10 nitrogen and oxygen atoms in total. The van der Waals surface area contributed by atoms with Crippen molar-refractivity contribution in [3.8, 4) is 0 Å². The third kappa shape index (κ3) is 7.23. The molecule has 0 spiro atoms. The van der Waals surface area contributed by atoms with Gasteiger partial charge in [-0.05, 0) is 42.5 Å². The number of amides is 1. The van der Waals surface area contributed by atoms with E-state index in [0.717, 1.165) is 19.3 Å². The van der Waals surface area contributed by atoms with Gasteiger partial charge in [-0.1, -0.05) is 0 Å². The summed E-state index contributed by atoms with van der Waals surface area (Å²) in [5, 5.41) is 31.2. The molecule has 0 bridgehead atoms. The average molecular weight is 349 g/mol. The smallest absolute Gasteiger partial charge is 0.402 e. The molecule has 1 aromatic rings. The number of nitrogens with two attached hydrogens (primary N) is 1. The van der Waals surface area contributed by atoms with Gasteiger partial charge in [-0.15, -0.1) is 17.5 Å². The van der Waals surface area contributed by atoms with Crippen molar-refractivity contribution in [2.24, 2.45) is 5.73 Å². The van der Waals surface area contributed by atoms with E-state index in [4.69, 9.17) is 15.8 Å². The first-order chi connectivity index (χ1) is 10.6. The molecule has 1 fully saturated rings. The summed E-state index contributed by atoms with van der Waals surface area (Å²) in [6.07, 6.45) is 4.01. The fourth-order valence-corrected chi connectivity index (χ4v) is 2.01. The van der Waals surface area contributed by atoms with Crippen LogP contribution in [-0.2, 0) is 16.0 Å². The van der Waals surface area contributed by atoms with Crippen LogP contribution in [0.25, 0.3) is 0 Å². The molecular formula is C11H22BClN6O4. The Morgan fingerprint density at radius 3 is 2.87 bits per heavy atom. The number of aromatic nitrogens is 4. The number of tetrazole rings is 1. The molecule has 130 valence electrons. The van der Waals surface area contributed by atoms with E-state index in [0.29, 0.717) is 24.7 Å². The first-order valence-corrected chi connectivity index (χ1v) is 7.35. The summed E-state index contributed by atoms with van der Waals surface area (Å²) >= 11 is 0. The molecule has 5 N–H and O–H groups in total. The van der Waals surface area contributed by atoms with Crippen molar-refractivity contribution in [2.75, 3.05) is 6.61 Å². The highest BCUT2D eigenvalue weighted by atomic mass is 35.5. The van der Waals surface area contributed by atoms with Crippen molar-refractivity contribution >= 4 is 25.6 Å². The number of carbonyl (C=O) groups is 1. The fourth-order valence-electron chi connectivity index (χ4n) is 2.01. The van der Waals surface area contributed by atoms with Crippen LogP contribution in [-0.4, -0.2) is 56.1 Å². The molecular weight excluding hydrogens is 326 g/mol. The van der Waals surface area contributed by atoms with Gasteiger partial charge in [0, 0.05) is 12.6 Å². The van der Waals surface area contributed by atoms with Crippen molar-refractivity contribution in [2.45, 2.75) is 50.7 Å². The average Bonchev–Trinajstić information content (AvgIpc) is 3.13. The first kappa shape index (κ1) is 19.8. The molecule has 1 amide bonds. The lowest BCUT2D eigenvalue weighted by Gasteiger charge is -2.11. The van der Waals surface area contributed by atoms with Crippen molar-refractivity contribution in [3.63, 3.8) is 0 Å². The number of unbranched alkanes of at least 4 members (excludes halogenated alkanes) is 1. The van der Waals surface area contributed by atoms with E-state index < -0.39 is 7.32 Å². The van der Waals surface area contributed by atoms with Crippen molar-refractivity contribution in [3.05, 3.63) is 5.82 Å². The van der Waals surface area contributed by atoms with E-state index in [9.17, 15) is 4.79 Å². The van der Waals surface area contributed by atoms with E-state index in [1.54, 1.807) is 0 Å². The molecule has 0 radical (unpaired) electrons. The van der Waals surface area contributed by atoms with Gasteiger partial charge in [0.25, 0.3) is 0 Å². The van der Waals surface area contributed by atoms with Crippen LogP contribution >= 0.6 is 12.4 Å². The van der Waals surface area contributed by atoms with Gasteiger partial charge in [0.1, 0.15) is 6.54 Å². The molecule has 1 aliphatic carbocycles. The summed E-state index contributed by atoms with van der Waals surface area (Å²) < 4.78 is 6.02. The molecule has 2 rings (SSSR count). The van der Waals surface area contributed by atoms with Crippen LogP contribution < -0.4 is 11.1 Å². The second kappa shape index (κ2) is 9.78. The third-order valence-electron chi connectivity index (χ3n) is 3.30. The number of hydrogen-bond donors (Lipinski definition) is 4. The van der Waals surface area contributed by atoms with E-state index in [1.165, 1.54) is 4.68 Å². The highest BCUT2D eigenvalue weighted by molar-refractivity contribution is 6.32. The molecule has 1 saturated carbocycles. The van der Waals surface area contributed by atoms with Gasteiger partial charge in [-0.2, -0.15) is 0 Å². The van der Waals surface area contributed by atoms with Gasteiger partial charge in [0.15, 0.2) is 5.82 Å². The van der Waals surface area contributed by atoms with Crippen LogP contribution in [0.2, 0.25) is 0 Å². The van der Waals surface area contributed by atoms with Crippen molar-refractivity contribution < 1.29 is 19.5 Å². The Labute approximate surface area is 140 Å². The van der Waals surface area contributed by atoms with Crippen LogP contribution in [0.5, 0.6) is 0 Å². The van der Waals surface area contributed by atoms with Crippen LogP contribution in [0, 0.1) is 0 Å². The Kier molecular flexibility index (Phi) is 8.41. The van der Waals surface area contributed by atoms with Gasteiger partial charge in [-0.3, -0.25) is 4.79 Å².